The Morgan fingerprint density at radius 3 is 2.78 bits per heavy atom. The van der Waals surface area contributed by atoms with Gasteiger partial charge in [-0.1, -0.05) is 6.07 Å². The lowest BCUT2D eigenvalue weighted by atomic mass is 10.0. The van der Waals surface area contributed by atoms with E-state index in [1.54, 1.807) is 43.6 Å². The smallest absolute Gasteiger partial charge is 0.407 e. The summed E-state index contributed by atoms with van der Waals surface area (Å²) in [5, 5.41) is 12.0. The van der Waals surface area contributed by atoms with E-state index >= 15 is 0 Å². The van der Waals surface area contributed by atoms with Crippen molar-refractivity contribution in [1.29, 1.82) is 0 Å². The largest absolute Gasteiger partial charge is 0.492 e. The molecule has 3 N–H and O–H groups in total. The monoisotopic (exact) mass is 434 g/mol. The van der Waals surface area contributed by atoms with Crippen LogP contribution in [0.25, 0.3) is 11.3 Å². The summed E-state index contributed by atoms with van der Waals surface area (Å²) >= 11 is 0. The minimum absolute atomic E-state index is 0.199. The van der Waals surface area contributed by atoms with Crippen molar-refractivity contribution in [1.82, 2.24) is 14.9 Å². The predicted octanol–water partition coefficient (Wildman–Crippen LogP) is 4.20. The number of nitrogens with zero attached hydrogens (tertiary/aromatic N) is 2. The first kappa shape index (κ1) is 21.4. The van der Waals surface area contributed by atoms with Crippen LogP contribution in [0.3, 0.4) is 0 Å². The summed E-state index contributed by atoms with van der Waals surface area (Å²) in [6, 6.07) is 11.0. The van der Waals surface area contributed by atoms with Crippen molar-refractivity contribution in [3.05, 3.63) is 65.6 Å². The molecule has 0 spiro atoms. The summed E-state index contributed by atoms with van der Waals surface area (Å²) in [6.45, 7) is 2.74. The van der Waals surface area contributed by atoms with Gasteiger partial charge >= 0.3 is 6.09 Å². The number of aromatic amines is 1. The number of fused-ring (bicyclic) bond motifs is 3. The maximum absolute atomic E-state index is 13.0. The number of hydrogen-bond acceptors (Lipinski definition) is 4. The number of carboxylic acid groups (broad SMARTS) is 1. The molecule has 0 bridgehead atoms. The fourth-order valence-electron chi connectivity index (χ4n) is 3.93. The summed E-state index contributed by atoms with van der Waals surface area (Å²) in [6.07, 6.45) is 5.38. The summed E-state index contributed by atoms with van der Waals surface area (Å²) < 4.78 is 5.62. The summed E-state index contributed by atoms with van der Waals surface area (Å²) in [7, 11) is 0. The van der Waals surface area contributed by atoms with Crippen molar-refractivity contribution < 1.29 is 19.4 Å². The van der Waals surface area contributed by atoms with E-state index in [-0.39, 0.29) is 12.5 Å². The van der Waals surface area contributed by atoms with Gasteiger partial charge in [0.2, 0.25) is 0 Å². The zero-order chi connectivity index (χ0) is 22.5. The number of carbonyl (C=O) groups excluding carboxylic acids is 1. The maximum Gasteiger partial charge on any atom is 0.407 e. The number of rotatable bonds is 7. The van der Waals surface area contributed by atoms with Crippen LogP contribution in [0.2, 0.25) is 0 Å². The van der Waals surface area contributed by atoms with E-state index in [1.807, 2.05) is 6.07 Å². The van der Waals surface area contributed by atoms with Crippen LogP contribution in [-0.2, 0) is 12.8 Å². The Hall–Kier alpha value is -3.81. The second-order valence-corrected chi connectivity index (χ2v) is 7.61. The number of likely N-dealkylation sites (N-methyl/N-ethyl adjacent to an activating group) is 1. The number of amides is 2. The minimum Gasteiger partial charge on any atom is -0.492 e. The molecule has 2 amide bonds. The molecule has 2 heterocycles. The topological polar surface area (TPSA) is 108 Å². The van der Waals surface area contributed by atoms with E-state index in [1.165, 1.54) is 4.90 Å². The number of nitrogens with one attached hydrogen (secondary N) is 2. The van der Waals surface area contributed by atoms with Crippen LogP contribution in [0, 0.1) is 0 Å². The Kier molecular flexibility index (Phi) is 6.39. The molecule has 1 aliphatic rings. The number of ether oxygens (including phenoxy) is 1. The molecular formula is C24H26N4O4. The van der Waals surface area contributed by atoms with E-state index in [0.29, 0.717) is 30.1 Å². The second-order valence-electron chi connectivity index (χ2n) is 7.61. The van der Waals surface area contributed by atoms with Gasteiger partial charge in [-0.15, -0.1) is 0 Å². The van der Waals surface area contributed by atoms with Crippen LogP contribution in [0.1, 0.15) is 35.0 Å². The predicted molar refractivity (Wildman–Crippen MR) is 121 cm³/mol. The highest BCUT2D eigenvalue weighted by Gasteiger charge is 2.24. The number of pyridine rings is 1. The van der Waals surface area contributed by atoms with Gasteiger partial charge in [0.25, 0.3) is 5.91 Å². The highest BCUT2D eigenvalue weighted by molar-refractivity contribution is 6.09. The number of carbonyl (C=O) groups is 2. The Bertz CT molecular complexity index is 1110. The average molecular weight is 434 g/mol. The van der Waals surface area contributed by atoms with E-state index in [9.17, 15) is 9.59 Å². The SMILES string of the molecule is CCN(CCOc1ccc(NC(=O)c2c[nH]c3c2-c2ncccc2CCC3)cc1)C(=O)O. The van der Waals surface area contributed by atoms with Crippen molar-refractivity contribution in [2.24, 2.45) is 0 Å². The molecular weight excluding hydrogens is 408 g/mol. The molecule has 0 atom stereocenters. The molecule has 2 aromatic heterocycles. The highest BCUT2D eigenvalue weighted by atomic mass is 16.5. The third-order valence-electron chi connectivity index (χ3n) is 5.60. The van der Waals surface area contributed by atoms with Crippen molar-refractivity contribution in [2.75, 3.05) is 25.0 Å². The van der Waals surface area contributed by atoms with E-state index in [2.05, 4.69) is 21.4 Å². The number of H-pyrrole nitrogens is 1. The molecule has 0 fully saturated rings. The van der Waals surface area contributed by atoms with Gasteiger partial charge in [0.15, 0.2) is 0 Å². The molecule has 8 nitrogen and oxygen atoms in total. The van der Waals surface area contributed by atoms with Crippen LogP contribution in [0.15, 0.2) is 48.8 Å². The number of benzene rings is 1. The fraction of sp³-hybridized carbons (Fsp3) is 0.292. The van der Waals surface area contributed by atoms with Crippen LogP contribution < -0.4 is 10.1 Å². The zero-order valence-electron chi connectivity index (χ0n) is 17.9. The number of hydrogen-bond donors (Lipinski definition) is 3. The summed E-state index contributed by atoms with van der Waals surface area (Å²) in [5.74, 6) is 0.410. The third-order valence-corrected chi connectivity index (χ3v) is 5.60. The number of aryl methyl sites for hydroxylation is 2. The van der Waals surface area contributed by atoms with Crippen molar-refractivity contribution in [3.63, 3.8) is 0 Å². The van der Waals surface area contributed by atoms with Gasteiger partial charge in [-0.05, 0) is 62.1 Å². The van der Waals surface area contributed by atoms with Crippen LogP contribution in [0.5, 0.6) is 5.75 Å². The first-order valence-electron chi connectivity index (χ1n) is 10.7. The Morgan fingerprint density at radius 2 is 2.03 bits per heavy atom. The number of anilines is 1. The van der Waals surface area contributed by atoms with Crippen molar-refractivity contribution >= 4 is 17.7 Å². The lowest BCUT2D eigenvalue weighted by Gasteiger charge is -2.17. The quantitative estimate of drug-likeness (QED) is 0.517. The van der Waals surface area contributed by atoms with Gasteiger partial charge < -0.3 is 25.0 Å². The summed E-state index contributed by atoms with van der Waals surface area (Å²) in [4.78, 5) is 33.2. The first-order valence-corrected chi connectivity index (χ1v) is 10.7. The second kappa shape index (κ2) is 9.55. The van der Waals surface area contributed by atoms with Gasteiger partial charge in [-0.3, -0.25) is 9.78 Å². The van der Waals surface area contributed by atoms with Gasteiger partial charge in [0, 0.05) is 35.9 Å². The van der Waals surface area contributed by atoms with E-state index < -0.39 is 6.09 Å². The Balaban J connectivity index is 1.43. The molecule has 0 saturated heterocycles. The third kappa shape index (κ3) is 4.59. The highest BCUT2D eigenvalue weighted by Crippen LogP contribution is 2.33. The molecule has 0 aliphatic heterocycles. The van der Waals surface area contributed by atoms with E-state index in [0.717, 1.165) is 41.8 Å². The first-order chi connectivity index (χ1) is 15.6. The molecule has 0 unspecified atom stereocenters. The van der Waals surface area contributed by atoms with Gasteiger partial charge in [0.05, 0.1) is 17.8 Å². The molecule has 3 aromatic rings. The molecule has 166 valence electrons. The lowest BCUT2D eigenvalue weighted by Crippen LogP contribution is -2.33. The van der Waals surface area contributed by atoms with Gasteiger partial charge in [-0.2, -0.15) is 0 Å². The van der Waals surface area contributed by atoms with Crippen molar-refractivity contribution in [2.45, 2.75) is 26.2 Å². The molecule has 0 saturated carbocycles. The molecule has 1 aliphatic carbocycles. The molecule has 0 radical (unpaired) electrons. The van der Waals surface area contributed by atoms with Gasteiger partial charge in [0.1, 0.15) is 12.4 Å². The molecule has 8 heteroatoms. The van der Waals surface area contributed by atoms with Crippen molar-refractivity contribution in [3.8, 4) is 17.0 Å². The molecule has 4 rings (SSSR count). The van der Waals surface area contributed by atoms with E-state index in [4.69, 9.17) is 9.84 Å². The molecule has 1 aromatic carbocycles. The molecule has 32 heavy (non-hydrogen) atoms. The van der Waals surface area contributed by atoms with Crippen LogP contribution >= 0.6 is 0 Å². The lowest BCUT2D eigenvalue weighted by molar-refractivity contribution is 0.102. The number of aromatic nitrogens is 2. The zero-order valence-corrected chi connectivity index (χ0v) is 17.9. The minimum atomic E-state index is -0.963. The Morgan fingerprint density at radius 1 is 1.22 bits per heavy atom. The average Bonchev–Trinajstić information content (AvgIpc) is 3.13. The fourth-order valence-corrected chi connectivity index (χ4v) is 3.93. The Labute approximate surface area is 186 Å². The van der Waals surface area contributed by atoms with Crippen LogP contribution in [-0.4, -0.2) is 51.7 Å². The normalized spacial score (nSPS) is 12.3. The summed E-state index contributed by atoms with van der Waals surface area (Å²) in [5.41, 5.74) is 5.18. The van der Waals surface area contributed by atoms with Crippen LogP contribution in [0.4, 0.5) is 10.5 Å². The standard InChI is InChI=1S/C24H26N4O4/c1-2-28(24(30)31)13-14-32-18-10-8-17(9-11-18)27-23(29)19-15-26-20-7-3-5-16-6-4-12-25-22(16)21(19)20/h4,6,8-12,15,26H,2-3,5,7,13-14H2,1H3,(H,27,29)(H,30,31). The van der Waals surface area contributed by atoms with Gasteiger partial charge in [-0.25, -0.2) is 4.79 Å². The maximum atomic E-state index is 13.0.